The first-order valence-corrected chi connectivity index (χ1v) is 4.29. The average molecular weight is 184 g/mol. The maximum Gasteiger partial charge on any atom is 0.0633 e. The van der Waals surface area contributed by atoms with Gasteiger partial charge in [-0.3, -0.25) is 0 Å². The number of aliphatic hydroxyl groups excluding tert-OH is 2. The summed E-state index contributed by atoms with van der Waals surface area (Å²) in [5.74, 6) is 0. The van der Waals surface area contributed by atoms with Gasteiger partial charge in [-0.25, -0.2) is 0 Å². The molecule has 74 valence electrons. The molecule has 0 fully saturated rings. The molecule has 0 atom stereocenters. The summed E-state index contributed by atoms with van der Waals surface area (Å²) in [6.07, 6.45) is 1.84. The minimum Gasteiger partial charge on any atom is -0.394 e. The van der Waals surface area contributed by atoms with Crippen molar-refractivity contribution in [2.45, 2.75) is 19.0 Å². The fourth-order valence-corrected chi connectivity index (χ4v) is 0.948. The molecule has 0 aliphatic rings. The lowest BCUT2D eigenvalue weighted by Crippen LogP contribution is -2.48. The summed E-state index contributed by atoms with van der Waals surface area (Å²) < 4.78 is 0. The van der Waals surface area contributed by atoms with Gasteiger partial charge in [-0.15, -0.1) is 0 Å². The van der Waals surface area contributed by atoms with Gasteiger partial charge in [0, 0.05) is 18.4 Å². The number of aromatic nitrogens is 1. The van der Waals surface area contributed by atoms with E-state index in [1.165, 1.54) is 0 Å². The summed E-state index contributed by atoms with van der Waals surface area (Å²) in [6, 6.07) is 3.86. The molecule has 0 unspecified atom stereocenters. The second-order valence-corrected chi connectivity index (χ2v) is 3.43. The maximum absolute atomic E-state index is 8.98. The first-order chi connectivity index (χ1) is 6.20. The molecule has 0 spiro atoms. The number of H-pyrrole nitrogens is 1. The van der Waals surface area contributed by atoms with Crippen molar-refractivity contribution in [3.8, 4) is 0 Å². The molecule has 4 nitrogen and oxygen atoms in total. The van der Waals surface area contributed by atoms with Crippen LogP contribution in [0, 0.1) is 0 Å². The minimum absolute atomic E-state index is 0.0792. The quantitative estimate of drug-likeness (QED) is 0.514. The van der Waals surface area contributed by atoms with Gasteiger partial charge < -0.3 is 20.5 Å². The van der Waals surface area contributed by atoms with Gasteiger partial charge in [0.25, 0.3) is 0 Å². The molecule has 1 aromatic heterocycles. The second kappa shape index (κ2) is 4.41. The van der Waals surface area contributed by atoms with E-state index in [1.54, 1.807) is 6.92 Å². The zero-order valence-electron chi connectivity index (χ0n) is 7.75. The number of hydrogen-bond donors (Lipinski definition) is 4. The lowest BCUT2D eigenvalue weighted by atomic mass is 10.1. The van der Waals surface area contributed by atoms with Gasteiger partial charge in [-0.05, 0) is 19.1 Å². The molecule has 0 aromatic carbocycles. The highest BCUT2D eigenvalue weighted by Gasteiger charge is 2.20. The zero-order chi connectivity index (χ0) is 9.73. The highest BCUT2D eigenvalue weighted by molar-refractivity contribution is 5.03. The largest absolute Gasteiger partial charge is 0.394 e. The van der Waals surface area contributed by atoms with E-state index in [1.807, 2.05) is 18.3 Å². The van der Waals surface area contributed by atoms with Crippen molar-refractivity contribution in [3.05, 3.63) is 24.0 Å². The molecule has 0 amide bonds. The van der Waals surface area contributed by atoms with Crippen LogP contribution in [-0.2, 0) is 6.54 Å². The number of aromatic amines is 1. The van der Waals surface area contributed by atoms with Crippen molar-refractivity contribution in [2.75, 3.05) is 13.2 Å². The van der Waals surface area contributed by atoms with Crippen LogP contribution >= 0.6 is 0 Å². The van der Waals surface area contributed by atoms with Gasteiger partial charge in [0.05, 0.1) is 18.8 Å². The molecule has 0 aliphatic heterocycles. The summed E-state index contributed by atoms with van der Waals surface area (Å²) in [5, 5.41) is 21.0. The predicted octanol–water partition coefficient (Wildman–Crippen LogP) is -0.152. The van der Waals surface area contributed by atoms with Crippen molar-refractivity contribution in [1.82, 2.24) is 10.3 Å². The molecule has 1 aromatic rings. The van der Waals surface area contributed by atoms with Gasteiger partial charge in [-0.1, -0.05) is 0 Å². The summed E-state index contributed by atoms with van der Waals surface area (Å²) in [4.78, 5) is 3.03. The van der Waals surface area contributed by atoms with Crippen LogP contribution in [0.5, 0.6) is 0 Å². The Morgan fingerprint density at radius 2 is 2.15 bits per heavy atom. The standard InChI is InChI=1S/C9H16N2O2/c1-9(6-12,7-13)11-5-8-3-2-4-10-8/h2-4,10-13H,5-7H2,1H3. The zero-order valence-corrected chi connectivity index (χ0v) is 7.75. The molecular weight excluding hydrogens is 168 g/mol. The Labute approximate surface area is 77.6 Å². The van der Waals surface area contributed by atoms with E-state index in [-0.39, 0.29) is 13.2 Å². The minimum atomic E-state index is -0.606. The molecule has 0 radical (unpaired) electrons. The molecule has 0 saturated heterocycles. The Balaban J connectivity index is 2.41. The molecule has 1 heterocycles. The first-order valence-electron chi connectivity index (χ1n) is 4.29. The Hall–Kier alpha value is -0.840. The lowest BCUT2D eigenvalue weighted by molar-refractivity contribution is 0.103. The van der Waals surface area contributed by atoms with Crippen molar-refractivity contribution >= 4 is 0 Å². The van der Waals surface area contributed by atoms with E-state index in [9.17, 15) is 0 Å². The number of rotatable bonds is 5. The molecule has 4 N–H and O–H groups in total. The van der Waals surface area contributed by atoms with Gasteiger partial charge in [0.2, 0.25) is 0 Å². The van der Waals surface area contributed by atoms with Crippen LogP contribution in [0.1, 0.15) is 12.6 Å². The van der Waals surface area contributed by atoms with Gasteiger partial charge in [0.1, 0.15) is 0 Å². The topological polar surface area (TPSA) is 68.3 Å². The SMILES string of the molecule is CC(CO)(CO)NCc1ccc[nH]1. The van der Waals surface area contributed by atoms with Crippen LogP contribution in [0.4, 0.5) is 0 Å². The van der Waals surface area contributed by atoms with E-state index in [4.69, 9.17) is 10.2 Å². The Morgan fingerprint density at radius 1 is 1.46 bits per heavy atom. The van der Waals surface area contributed by atoms with Crippen molar-refractivity contribution in [1.29, 1.82) is 0 Å². The monoisotopic (exact) mass is 184 g/mol. The van der Waals surface area contributed by atoms with Crippen LogP contribution in [0.15, 0.2) is 18.3 Å². The summed E-state index contributed by atoms with van der Waals surface area (Å²) in [7, 11) is 0. The summed E-state index contributed by atoms with van der Waals surface area (Å²) in [6.45, 7) is 2.23. The molecule has 0 bridgehead atoms. The summed E-state index contributed by atoms with van der Waals surface area (Å²) >= 11 is 0. The second-order valence-electron chi connectivity index (χ2n) is 3.43. The van der Waals surface area contributed by atoms with Crippen molar-refractivity contribution in [3.63, 3.8) is 0 Å². The van der Waals surface area contributed by atoms with E-state index in [0.717, 1.165) is 5.69 Å². The smallest absolute Gasteiger partial charge is 0.0633 e. The first kappa shape index (κ1) is 10.2. The Bertz CT molecular complexity index is 230. The predicted molar refractivity (Wildman–Crippen MR) is 50.2 cm³/mol. The lowest BCUT2D eigenvalue weighted by Gasteiger charge is -2.25. The van der Waals surface area contributed by atoms with Gasteiger partial charge in [0.15, 0.2) is 0 Å². The molecule has 0 saturated carbocycles. The van der Waals surface area contributed by atoms with Crippen molar-refractivity contribution in [2.24, 2.45) is 0 Å². The molecule has 1 rings (SSSR count). The van der Waals surface area contributed by atoms with Crippen LogP contribution in [0.3, 0.4) is 0 Å². The Morgan fingerprint density at radius 3 is 2.62 bits per heavy atom. The van der Waals surface area contributed by atoms with Crippen LogP contribution in [0.2, 0.25) is 0 Å². The van der Waals surface area contributed by atoms with Gasteiger partial charge in [-0.2, -0.15) is 0 Å². The highest BCUT2D eigenvalue weighted by Crippen LogP contribution is 2.03. The third-order valence-corrected chi connectivity index (χ3v) is 2.07. The Kier molecular flexibility index (Phi) is 3.48. The molecule has 0 aliphatic carbocycles. The molecule has 13 heavy (non-hydrogen) atoms. The highest BCUT2D eigenvalue weighted by atomic mass is 16.3. The van der Waals surface area contributed by atoms with Crippen LogP contribution < -0.4 is 5.32 Å². The van der Waals surface area contributed by atoms with E-state index >= 15 is 0 Å². The fraction of sp³-hybridized carbons (Fsp3) is 0.556. The normalized spacial score (nSPS) is 11.9. The van der Waals surface area contributed by atoms with Crippen LogP contribution in [0.25, 0.3) is 0 Å². The van der Waals surface area contributed by atoms with Crippen LogP contribution in [-0.4, -0.2) is 33.9 Å². The number of hydrogen-bond acceptors (Lipinski definition) is 3. The van der Waals surface area contributed by atoms with E-state index in [2.05, 4.69) is 10.3 Å². The third-order valence-electron chi connectivity index (χ3n) is 2.07. The molecular formula is C9H16N2O2. The number of aliphatic hydroxyl groups is 2. The van der Waals surface area contributed by atoms with E-state index in [0.29, 0.717) is 6.54 Å². The average Bonchev–Trinajstić information content (AvgIpc) is 2.67. The summed E-state index contributed by atoms with van der Waals surface area (Å²) in [5.41, 5.74) is 0.429. The fourth-order valence-electron chi connectivity index (χ4n) is 0.948. The third kappa shape index (κ3) is 2.84. The molecule has 4 heteroatoms. The van der Waals surface area contributed by atoms with E-state index < -0.39 is 5.54 Å². The van der Waals surface area contributed by atoms with Crippen molar-refractivity contribution < 1.29 is 10.2 Å². The maximum atomic E-state index is 8.98. The van der Waals surface area contributed by atoms with Gasteiger partial charge >= 0.3 is 0 Å². The number of nitrogens with one attached hydrogen (secondary N) is 2.